The Labute approximate surface area is 130 Å². The number of anilines is 1. The van der Waals surface area contributed by atoms with E-state index in [-0.39, 0.29) is 5.91 Å². The van der Waals surface area contributed by atoms with Gasteiger partial charge in [0.25, 0.3) is 0 Å². The first kappa shape index (κ1) is 14.7. The van der Waals surface area contributed by atoms with Crippen LogP contribution in [-0.4, -0.2) is 55.0 Å². The molecule has 0 saturated carbocycles. The van der Waals surface area contributed by atoms with Gasteiger partial charge in [-0.25, -0.2) is 0 Å². The van der Waals surface area contributed by atoms with E-state index >= 15 is 0 Å². The van der Waals surface area contributed by atoms with Crippen LogP contribution in [0.1, 0.15) is 16.8 Å². The first-order valence-electron chi connectivity index (χ1n) is 7.67. The van der Waals surface area contributed by atoms with Crippen LogP contribution in [0.2, 0.25) is 0 Å². The van der Waals surface area contributed by atoms with Crippen LogP contribution in [0.15, 0.2) is 24.3 Å². The number of rotatable bonds is 4. The van der Waals surface area contributed by atoms with Gasteiger partial charge in [-0.05, 0) is 48.1 Å². The fourth-order valence-electron chi connectivity index (χ4n) is 3.12. The standard InChI is InChI=1S/C16H23N3OS/c17-16(20)14-1-3-15(4-2-14)19-8-6-18(7-9-19)11-13-5-10-21-12-13/h1-4,13H,5-12H2,(H2,17,20)/t13-/m0/s1. The molecule has 5 heteroatoms. The molecular formula is C16H23N3OS. The van der Waals surface area contributed by atoms with Crippen molar-refractivity contribution < 1.29 is 4.79 Å². The summed E-state index contributed by atoms with van der Waals surface area (Å²) < 4.78 is 0. The zero-order chi connectivity index (χ0) is 14.7. The zero-order valence-electron chi connectivity index (χ0n) is 12.3. The summed E-state index contributed by atoms with van der Waals surface area (Å²) in [5.74, 6) is 3.23. The van der Waals surface area contributed by atoms with Crippen LogP contribution in [0.5, 0.6) is 0 Å². The number of carbonyl (C=O) groups excluding carboxylic acids is 1. The third-order valence-electron chi connectivity index (χ3n) is 4.43. The lowest BCUT2D eigenvalue weighted by Gasteiger charge is -2.37. The minimum absolute atomic E-state index is 0.360. The second kappa shape index (κ2) is 6.71. The van der Waals surface area contributed by atoms with Crippen molar-refractivity contribution in [2.75, 3.05) is 49.1 Å². The van der Waals surface area contributed by atoms with E-state index in [1.807, 2.05) is 24.3 Å². The van der Waals surface area contributed by atoms with E-state index in [0.29, 0.717) is 5.56 Å². The van der Waals surface area contributed by atoms with E-state index in [2.05, 4.69) is 21.6 Å². The molecule has 1 aromatic carbocycles. The van der Waals surface area contributed by atoms with Crippen LogP contribution >= 0.6 is 11.8 Å². The molecule has 2 saturated heterocycles. The summed E-state index contributed by atoms with van der Waals surface area (Å²) in [5, 5.41) is 0. The number of nitrogens with two attached hydrogens (primary N) is 1. The van der Waals surface area contributed by atoms with Gasteiger partial charge in [0.1, 0.15) is 0 Å². The molecule has 0 spiro atoms. The number of thioether (sulfide) groups is 1. The van der Waals surface area contributed by atoms with Crippen molar-refractivity contribution in [3.63, 3.8) is 0 Å². The van der Waals surface area contributed by atoms with E-state index in [0.717, 1.165) is 32.1 Å². The minimum atomic E-state index is -0.360. The fourth-order valence-corrected chi connectivity index (χ4v) is 4.39. The van der Waals surface area contributed by atoms with Gasteiger partial charge in [-0.3, -0.25) is 9.69 Å². The van der Waals surface area contributed by atoms with Crippen molar-refractivity contribution in [3.05, 3.63) is 29.8 Å². The van der Waals surface area contributed by atoms with Gasteiger partial charge in [-0.2, -0.15) is 11.8 Å². The predicted molar refractivity (Wildman–Crippen MR) is 89.0 cm³/mol. The summed E-state index contributed by atoms with van der Waals surface area (Å²) in [5.41, 5.74) is 7.05. The molecular weight excluding hydrogens is 282 g/mol. The summed E-state index contributed by atoms with van der Waals surface area (Å²) in [4.78, 5) is 16.1. The van der Waals surface area contributed by atoms with Gasteiger partial charge in [0.15, 0.2) is 0 Å². The Balaban J connectivity index is 1.51. The molecule has 2 aliphatic heterocycles. The Hall–Kier alpha value is -1.20. The van der Waals surface area contributed by atoms with Crippen molar-refractivity contribution >= 4 is 23.4 Å². The largest absolute Gasteiger partial charge is 0.369 e. The number of benzene rings is 1. The molecule has 0 aromatic heterocycles. The molecule has 1 atom stereocenters. The van der Waals surface area contributed by atoms with Crippen molar-refractivity contribution in [2.24, 2.45) is 11.7 Å². The fraction of sp³-hybridized carbons (Fsp3) is 0.562. The molecule has 2 heterocycles. The average molecular weight is 305 g/mol. The number of hydrogen-bond donors (Lipinski definition) is 1. The highest BCUT2D eigenvalue weighted by Gasteiger charge is 2.22. The molecule has 4 nitrogen and oxygen atoms in total. The van der Waals surface area contributed by atoms with Crippen LogP contribution in [0.3, 0.4) is 0 Å². The molecule has 21 heavy (non-hydrogen) atoms. The highest BCUT2D eigenvalue weighted by molar-refractivity contribution is 7.99. The van der Waals surface area contributed by atoms with E-state index < -0.39 is 0 Å². The normalized spacial score (nSPS) is 23.4. The molecule has 2 N–H and O–H groups in total. The molecule has 0 radical (unpaired) electrons. The Morgan fingerprint density at radius 3 is 2.48 bits per heavy atom. The summed E-state index contributed by atoms with van der Waals surface area (Å²) in [7, 11) is 0. The topological polar surface area (TPSA) is 49.6 Å². The van der Waals surface area contributed by atoms with Gasteiger partial charge in [0, 0.05) is 44.0 Å². The van der Waals surface area contributed by atoms with Gasteiger partial charge in [-0.1, -0.05) is 0 Å². The zero-order valence-corrected chi connectivity index (χ0v) is 13.1. The Bertz CT molecular complexity index is 477. The lowest BCUT2D eigenvalue weighted by molar-refractivity contribution is 0.100. The van der Waals surface area contributed by atoms with Crippen LogP contribution in [0, 0.1) is 5.92 Å². The maximum atomic E-state index is 11.1. The van der Waals surface area contributed by atoms with Crippen molar-refractivity contribution in [3.8, 4) is 0 Å². The molecule has 2 aliphatic rings. The number of piperazine rings is 1. The molecule has 2 fully saturated rings. The Kier molecular flexibility index (Phi) is 4.70. The molecule has 3 rings (SSSR count). The maximum absolute atomic E-state index is 11.1. The summed E-state index contributed by atoms with van der Waals surface area (Å²) >= 11 is 2.10. The first-order valence-corrected chi connectivity index (χ1v) is 8.83. The molecule has 0 unspecified atom stereocenters. The summed E-state index contributed by atoms with van der Waals surface area (Å²) in [6.07, 6.45) is 1.39. The number of carbonyl (C=O) groups is 1. The van der Waals surface area contributed by atoms with Crippen LogP contribution in [0.25, 0.3) is 0 Å². The number of primary amides is 1. The number of amides is 1. The SMILES string of the molecule is NC(=O)c1ccc(N2CCN(C[C@@H]3CCSC3)CC2)cc1. The van der Waals surface area contributed by atoms with Crippen LogP contribution < -0.4 is 10.6 Å². The van der Waals surface area contributed by atoms with Gasteiger partial charge < -0.3 is 10.6 Å². The monoisotopic (exact) mass is 305 g/mol. The highest BCUT2D eigenvalue weighted by atomic mass is 32.2. The van der Waals surface area contributed by atoms with E-state index in [4.69, 9.17) is 5.73 Å². The maximum Gasteiger partial charge on any atom is 0.248 e. The van der Waals surface area contributed by atoms with Crippen molar-refractivity contribution in [1.29, 1.82) is 0 Å². The van der Waals surface area contributed by atoms with Crippen LogP contribution in [-0.2, 0) is 0 Å². The second-order valence-corrected chi connectivity index (χ2v) is 7.08. The minimum Gasteiger partial charge on any atom is -0.369 e. The van der Waals surface area contributed by atoms with Crippen molar-refractivity contribution in [2.45, 2.75) is 6.42 Å². The molecule has 1 amide bonds. The molecule has 0 bridgehead atoms. The number of hydrogen-bond acceptors (Lipinski definition) is 4. The number of nitrogens with zero attached hydrogens (tertiary/aromatic N) is 2. The smallest absolute Gasteiger partial charge is 0.248 e. The van der Waals surface area contributed by atoms with E-state index in [1.165, 1.54) is 30.2 Å². The molecule has 0 aliphatic carbocycles. The third kappa shape index (κ3) is 3.71. The molecule has 114 valence electrons. The summed E-state index contributed by atoms with van der Waals surface area (Å²) in [6, 6.07) is 7.65. The van der Waals surface area contributed by atoms with E-state index in [9.17, 15) is 4.79 Å². The lowest BCUT2D eigenvalue weighted by Crippen LogP contribution is -2.47. The Morgan fingerprint density at radius 1 is 1.19 bits per heavy atom. The van der Waals surface area contributed by atoms with Gasteiger partial charge in [0.2, 0.25) is 5.91 Å². The second-order valence-electron chi connectivity index (χ2n) is 5.93. The first-order chi connectivity index (χ1) is 10.2. The third-order valence-corrected chi connectivity index (χ3v) is 5.66. The van der Waals surface area contributed by atoms with Crippen LogP contribution in [0.4, 0.5) is 5.69 Å². The predicted octanol–water partition coefficient (Wildman–Crippen LogP) is 1.66. The summed E-state index contributed by atoms with van der Waals surface area (Å²) in [6.45, 7) is 5.67. The van der Waals surface area contributed by atoms with E-state index in [1.54, 1.807) is 0 Å². The quantitative estimate of drug-likeness (QED) is 0.919. The van der Waals surface area contributed by atoms with Crippen molar-refractivity contribution in [1.82, 2.24) is 4.90 Å². The highest BCUT2D eigenvalue weighted by Crippen LogP contribution is 2.25. The van der Waals surface area contributed by atoms with Gasteiger partial charge in [-0.15, -0.1) is 0 Å². The van der Waals surface area contributed by atoms with Gasteiger partial charge in [0.05, 0.1) is 0 Å². The lowest BCUT2D eigenvalue weighted by atomic mass is 10.1. The average Bonchev–Trinajstić information content (AvgIpc) is 3.01. The van der Waals surface area contributed by atoms with Gasteiger partial charge >= 0.3 is 0 Å². The molecule has 1 aromatic rings. The Morgan fingerprint density at radius 2 is 1.90 bits per heavy atom.